The van der Waals surface area contributed by atoms with Gasteiger partial charge in [-0.15, -0.1) is 11.3 Å². The Labute approximate surface area is 147 Å². The summed E-state index contributed by atoms with van der Waals surface area (Å²) in [5.41, 5.74) is 1.07. The molecule has 0 spiro atoms. The summed E-state index contributed by atoms with van der Waals surface area (Å²) < 4.78 is 19.2. The van der Waals surface area contributed by atoms with Crippen LogP contribution in [0.1, 0.15) is 9.67 Å². The van der Waals surface area contributed by atoms with Crippen molar-refractivity contribution in [2.24, 2.45) is 0 Å². The van der Waals surface area contributed by atoms with Crippen molar-refractivity contribution < 1.29 is 18.7 Å². The van der Waals surface area contributed by atoms with Crippen molar-refractivity contribution >= 4 is 44.6 Å². The van der Waals surface area contributed by atoms with Crippen molar-refractivity contribution in [1.82, 2.24) is 0 Å². The molecule has 0 fully saturated rings. The Kier molecular flexibility index (Phi) is 5.06. The number of hydrogen-bond donors (Lipinski definition) is 2. The molecule has 128 valence electrons. The highest BCUT2D eigenvalue weighted by Gasteiger charge is 2.13. The molecule has 0 aliphatic heterocycles. The average molecular weight is 358 g/mol. The summed E-state index contributed by atoms with van der Waals surface area (Å²) in [6, 6.07) is 13.0. The van der Waals surface area contributed by atoms with Crippen LogP contribution in [0.2, 0.25) is 0 Å². The molecule has 3 rings (SSSR count). The second-order valence-electron chi connectivity index (χ2n) is 5.28. The number of nitrogens with one attached hydrogen (secondary N) is 2. The van der Waals surface area contributed by atoms with Crippen molar-refractivity contribution in [2.75, 3.05) is 24.4 Å². The molecule has 7 heteroatoms. The molecule has 0 saturated heterocycles. The second-order valence-corrected chi connectivity index (χ2v) is 6.36. The summed E-state index contributed by atoms with van der Waals surface area (Å²) in [6.45, 7) is -0.0517. The van der Waals surface area contributed by atoms with Gasteiger partial charge in [0.15, 0.2) is 0 Å². The Morgan fingerprint density at radius 3 is 2.52 bits per heavy atom. The van der Waals surface area contributed by atoms with E-state index in [2.05, 4.69) is 10.6 Å². The third-order valence-corrected chi connectivity index (χ3v) is 4.51. The van der Waals surface area contributed by atoms with Gasteiger partial charge in [-0.1, -0.05) is 12.1 Å². The third-order valence-electron chi connectivity index (χ3n) is 3.41. The van der Waals surface area contributed by atoms with Crippen LogP contribution >= 0.6 is 11.3 Å². The van der Waals surface area contributed by atoms with E-state index in [9.17, 15) is 14.0 Å². The highest BCUT2D eigenvalue weighted by atomic mass is 32.1. The van der Waals surface area contributed by atoms with Gasteiger partial charge in [0.05, 0.1) is 4.88 Å². The molecule has 25 heavy (non-hydrogen) atoms. The molecule has 0 unspecified atom stereocenters. The lowest BCUT2D eigenvalue weighted by Crippen LogP contribution is -2.17. The predicted octanol–water partition coefficient (Wildman–Crippen LogP) is 3.88. The second kappa shape index (κ2) is 7.42. The van der Waals surface area contributed by atoms with E-state index in [0.29, 0.717) is 26.3 Å². The first-order valence-electron chi connectivity index (χ1n) is 7.45. The van der Waals surface area contributed by atoms with Gasteiger partial charge >= 0.3 is 0 Å². The first-order chi connectivity index (χ1) is 12.1. The molecule has 5 nitrogen and oxygen atoms in total. The molecule has 0 bridgehead atoms. The van der Waals surface area contributed by atoms with Crippen LogP contribution in [0.15, 0.2) is 48.5 Å². The minimum atomic E-state index is -0.351. The fourth-order valence-electron chi connectivity index (χ4n) is 2.33. The van der Waals surface area contributed by atoms with Crippen LogP contribution in [-0.2, 0) is 9.53 Å². The normalized spacial score (nSPS) is 10.6. The number of benzene rings is 2. The van der Waals surface area contributed by atoms with Crippen LogP contribution in [-0.4, -0.2) is 25.5 Å². The van der Waals surface area contributed by atoms with Crippen molar-refractivity contribution in [3.05, 3.63) is 59.2 Å². The molecule has 0 radical (unpaired) electrons. The number of methoxy groups -OCH3 is 1. The maximum atomic E-state index is 13.8. The van der Waals surface area contributed by atoms with E-state index in [1.807, 2.05) is 0 Å². The smallest absolute Gasteiger partial charge is 0.265 e. The molecule has 2 amide bonds. The summed E-state index contributed by atoms with van der Waals surface area (Å²) in [6.07, 6.45) is 0. The number of carbonyl (C=O) groups excluding carboxylic acids is 2. The number of ether oxygens (including phenoxy) is 1. The molecular formula is C18H15FN2O3S. The molecule has 0 aliphatic carbocycles. The average Bonchev–Trinajstić information content (AvgIpc) is 3.01. The Morgan fingerprint density at radius 2 is 1.80 bits per heavy atom. The van der Waals surface area contributed by atoms with Crippen LogP contribution < -0.4 is 10.6 Å². The number of carbonyl (C=O) groups is 2. The molecule has 2 N–H and O–H groups in total. The van der Waals surface area contributed by atoms with E-state index in [1.165, 1.54) is 30.6 Å². The summed E-state index contributed by atoms with van der Waals surface area (Å²) in [4.78, 5) is 24.4. The van der Waals surface area contributed by atoms with Crippen molar-refractivity contribution in [2.45, 2.75) is 0 Å². The van der Waals surface area contributed by atoms with Gasteiger partial charge in [-0.05, 0) is 36.4 Å². The van der Waals surface area contributed by atoms with Gasteiger partial charge in [-0.25, -0.2) is 4.39 Å². The van der Waals surface area contributed by atoms with Gasteiger partial charge in [-0.3, -0.25) is 9.59 Å². The van der Waals surface area contributed by atoms with E-state index in [0.717, 1.165) is 0 Å². The maximum Gasteiger partial charge on any atom is 0.265 e. The number of anilines is 2. The van der Waals surface area contributed by atoms with Crippen molar-refractivity contribution in [3.8, 4) is 0 Å². The van der Waals surface area contributed by atoms with E-state index < -0.39 is 0 Å². The van der Waals surface area contributed by atoms with E-state index in [1.54, 1.807) is 36.4 Å². The minimum Gasteiger partial charge on any atom is -0.375 e. The Hall–Kier alpha value is -2.77. The van der Waals surface area contributed by atoms with Gasteiger partial charge in [0, 0.05) is 28.6 Å². The Balaban J connectivity index is 1.76. The number of halogens is 1. The highest BCUT2D eigenvalue weighted by Crippen LogP contribution is 2.28. The fourth-order valence-corrected chi connectivity index (χ4v) is 3.30. The maximum absolute atomic E-state index is 13.8. The number of rotatable bonds is 5. The van der Waals surface area contributed by atoms with Crippen LogP contribution in [0.5, 0.6) is 0 Å². The minimum absolute atomic E-state index is 0.0517. The zero-order chi connectivity index (χ0) is 17.8. The lowest BCUT2D eigenvalue weighted by molar-refractivity contribution is -0.119. The predicted molar refractivity (Wildman–Crippen MR) is 96.7 cm³/mol. The van der Waals surface area contributed by atoms with Crippen molar-refractivity contribution in [3.63, 3.8) is 0 Å². The zero-order valence-corrected chi connectivity index (χ0v) is 14.2. The van der Waals surface area contributed by atoms with Crippen LogP contribution in [0.4, 0.5) is 15.8 Å². The van der Waals surface area contributed by atoms with Gasteiger partial charge in [0.25, 0.3) is 5.91 Å². The zero-order valence-electron chi connectivity index (χ0n) is 13.3. The van der Waals surface area contributed by atoms with Gasteiger partial charge in [0.1, 0.15) is 12.4 Å². The fraction of sp³-hybridized carbons (Fsp3) is 0.111. The van der Waals surface area contributed by atoms with Gasteiger partial charge < -0.3 is 15.4 Å². The SMILES string of the molecule is COCC(=O)Nc1cccc(NC(=O)c2cc3c(F)cccc3s2)c1. The molecule has 0 aliphatic rings. The molecular weight excluding hydrogens is 343 g/mol. The molecule has 0 saturated carbocycles. The third kappa shape index (κ3) is 4.01. The first kappa shape index (κ1) is 17.1. The topological polar surface area (TPSA) is 67.4 Å². The summed E-state index contributed by atoms with van der Waals surface area (Å²) >= 11 is 1.22. The first-order valence-corrected chi connectivity index (χ1v) is 8.27. The lowest BCUT2D eigenvalue weighted by Gasteiger charge is -2.08. The van der Waals surface area contributed by atoms with E-state index in [4.69, 9.17) is 4.74 Å². The molecule has 1 heterocycles. The lowest BCUT2D eigenvalue weighted by atomic mass is 10.2. The van der Waals surface area contributed by atoms with Crippen molar-refractivity contribution in [1.29, 1.82) is 0 Å². The summed E-state index contributed by atoms with van der Waals surface area (Å²) in [5.74, 6) is -0.970. The summed E-state index contributed by atoms with van der Waals surface area (Å²) in [7, 11) is 1.43. The van der Waals surface area contributed by atoms with E-state index >= 15 is 0 Å². The Bertz CT molecular complexity index is 939. The molecule has 2 aromatic carbocycles. The quantitative estimate of drug-likeness (QED) is 0.727. The van der Waals surface area contributed by atoms with Crippen LogP contribution in [0.25, 0.3) is 10.1 Å². The monoisotopic (exact) mass is 358 g/mol. The number of amides is 2. The number of fused-ring (bicyclic) bond motifs is 1. The van der Waals surface area contributed by atoms with Crippen LogP contribution in [0.3, 0.4) is 0 Å². The van der Waals surface area contributed by atoms with Crippen LogP contribution in [0, 0.1) is 5.82 Å². The standard InChI is InChI=1S/C18H15FN2O3S/c1-24-10-17(22)20-11-4-2-5-12(8-11)21-18(23)16-9-13-14(19)6-3-7-15(13)25-16/h2-9H,10H2,1H3,(H,20,22)(H,21,23). The summed E-state index contributed by atoms with van der Waals surface area (Å²) in [5, 5.41) is 5.84. The largest absolute Gasteiger partial charge is 0.375 e. The number of thiophene rings is 1. The Morgan fingerprint density at radius 1 is 1.08 bits per heavy atom. The molecule has 1 aromatic heterocycles. The van der Waals surface area contributed by atoms with Gasteiger partial charge in [0.2, 0.25) is 5.91 Å². The molecule has 0 atom stereocenters. The molecule has 3 aromatic rings. The van der Waals surface area contributed by atoms with E-state index in [-0.39, 0.29) is 24.2 Å². The number of hydrogen-bond acceptors (Lipinski definition) is 4. The highest BCUT2D eigenvalue weighted by molar-refractivity contribution is 7.20. The van der Waals surface area contributed by atoms with Gasteiger partial charge in [-0.2, -0.15) is 0 Å².